The molecule has 1 radical (unpaired) electrons. The van der Waals surface area contributed by atoms with E-state index in [1.165, 1.54) is 49.1 Å². The number of aromatic nitrogens is 2. The molecule has 22 rings (SSSR count). The normalized spacial score (nSPS) is 12.9. The highest BCUT2D eigenvalue weighted by atomic mass is 16.3. The molecule has 451 valence electrons. The van der Waals surface area contributed by atoms with Crippen molar-refractivity contribution in [1.82, 2.24) is 9.46 Å². The molecule has 8 heteroatoms. The lowest BCUT2D eigenvalue weighted by atomic mass is 9.45. The first-order chi connectivity index (χ1) is 48.6. The summed E-state index contributed by atoms with van der Waals surface area (Å²) in [6.07, 6.45) is 0. The van der Waals surface area contributed by atoms with Crippen LogP contribution in [0.15, 0.2) is 324 Å². The van der Waals surface area contributed by atoms with Gasteiger partial charge in [0.25, 0.3) is 0 Å². The van der Waals surface area contributed by atoms with Crippen LogP contribution in [0.2, 0.25) is 0 Å². The Morgan fingerprint density at radius 1 is 0.327 bits per heavy atom. The molecule has 3 aliphatic rings. The van der Waals surface area contributed by atoms with Gasteiger partial charge in [-0.15, -0.1) is 0 Å². The van der Waals surface area contributed by atoms with Crippen molar-refractivity contribution in [2.24, 2.45) is 0 Å². The van der Waals surface area contributed by atoms with E-state index in [-0.39, 0.29) is 6.85 Å². The van der Waals surface area contributed by atoms with E-state index in [0.29, 0.717) is 0 Å². The third kappa shape index (κ3) is 7.65. The van der Waals surface area contributed by atoms with Gasteiger partial charge in [0.1, 0.15) is 22.3 Å². The molecule has 7 heterocycles. The highest BCUT2D eigenvalue weighted by molar-refractivity contribution is 6.90. The van der Waals surface area contributed by atoms with Crippen molar-refractivity contribution >= 4 is 158 Å². The predicted molar refractivity (Wildman–Crippen MR) is 411 cm³/mol. The van der Waals surface area contributed by atoms with Gasteiger partial charge in [0.2, 0.25) is 0 Å². The Kier molecular flexibility index (Phi) is 11.1. The molecule has 19 aromatic rings. The van der Waals surface area contributed by atoms with Crippen molar-refractivity contribution in [3.63, 3.8) is 0 Å². The number of nitrogens with one attached hydrogen (secondary N) is 1. The fraction of sp³-hybridized carbons (Fsp3) is 0. The third-order valence-corrected chi connectivity index (χ3v) is 21.2. The molecule has 0 fully saturated rings. The van der Waals surface area contributed by atoms with Crippen LogP contribution in [0.5, 0.6) is 0 Å². The zero-order valence-corrected chi connectivity index (χ0v) is 52.8. The van der Waals surface area contributed by atoms with E-state index in [0.717, 1.165) is 161 Å². The predicted octanol–water partition coefficient (Wildman–Crippen LogP) is 21.4. The molecular weight excluding hydrogens is 1190 g/mol. The molecule has 0 spiro atoms. The number of anilines is 6. The van der Waals surface area contributed by atoms with Gasteiger partial charge in [-0.1, -0.05) is 224 Å². The highest BCUT2D eigenvalue weighted by Crippen LogP contribution is 2.55. The summed E-state index contributed by atoms with van der Waals surface area (Å²) in [4.78, 5) is 9.29. The minimum atomic E-state index is -0.276. The summed E-state index contributed by atoms with van der Waals surface area (Å²) in [5, 5.41) is 9.09. The molecule has 3 aliphatic heterocycles. The average molecular weight is 1240 g/mol. The highest BCUT2D eigenvalue weighted by Gasteiger charge is 2.45. The largest absolute Gasteiger partial charge is 0.456 e. The van der Waals surface area contributed by atoms with Crippen LogP contribution in [0.1, 0.15) is 0 Å². The Morgan fingerprint density at radius 2 is 0.816 bits per heavy atom. The van der Waals surface area contributed by atoms with Crippen molar-refractivity contribution in [2.45, 2.75) is 0 Å². The van der Waals surface area contributed by atoms with E-state index in [2.05, 4.69) is 342 Å². The molecule has 0 aliphatic carbocycles. The van der Waals surface area contributed by atoms with E-state index in [1.807, 2.05) is 0 Å². The zero-order valence-electron chi connectivity index (χ0n) is 52.8. The van der Waals surface area contributed by atoms with Crippen molar-refractivity contribution in [1.29, 1.82) is 0 Å². The molecule has 0 bridgehead atoms. The van der Waals surface area contributed by atoms with Crippen LogP contribution in [-0.4, -0.2) is 23.6 Å². The van der Waals surface area contributed by atoms with Crippen molar-refractivity contribution in [3.05, 3.63) is 315 Å². The molecule has 98 heavy (non-hydrogen) atoms. The summed E-state index contributed by atoms with van der Waals surface area (Å²) in [5.41, 5.74) is 33.1. The zero-order chi connectivity index (χ0) is 63.8. The molecule has 0 saturated carbocycles. The first-order valence-corrected chi connectivity index (χ1v) is 33.7. The molecule has 1 N–H and O–H groups in total. The SMILES string of the molecule is [B]1c2cc3oc4ccccc4c3cc2N(c2cc(-c3ccccc3)cc(-c3ccccc3)c2)c2cccc(-c3c4[nH]c5ccccc5c4c4c5c3c3ccccc3n5B3c5cc6oc7ccccc7c6cc5N(c5cc(-c6ccccc6)cc(-c6ccccc6)c5)c5cccc-4c53)c21. The summed E-state index contributed by atoms with van der Waals surface area (Å²) in [7, 11) is 2.43. The van der Waals surface area contributed by atoms with E-state index in [9.17, 15) is 0 Å². The number of rotatable bonds is 7. The van der Waals surface area contributed by atoms with Gasteiger partial charge in [-0.05, 0) is 169 Å². The van der Waals surface area contributed by atoms with Crippen LogP contribution < -0.4 is 31.7 Å². The standard InChI is InChI=1S/C90H53B2N4O2/c1-5-23-53(24-6-1)57-43-58(54-25-7-2-8-26-54)46-61(45-57)94-75-39-21-35-67(87(75)91-71-51-81-69(49-77(71)94)63-31-15-19-41-79(63)97-81)84-85-66-34-14-18-38-74(66)96-90(85)86(83-65-33-13-17-37-73(65)93-89(83)84)68-36-22-40-76-88(68)92(96)72-52-82-70(64-32-16-20-42-80(64)98-82)50-78(72)95(76)62-47-59(55-27-9-3-10-28-55)44-60(48-62)56-29-11-4-12-30-56/h1-52,93H. The van der Waals surface area contributed by atoms with E-state index < -0.39 is 0 Å². The van der Waals surface area contributed by atoms with Gasteiger partial charge < -0.3 is 28.1 Å². The smallest absolute Gasteiger partial charge is 0.333 e. The third-order valence-electron chi connectivity index (χ3n) is 21.2. The Hall–Kier alpha value is -12.8. The summed E-state index contributed by atoms with van der Waals surface area (Å²) in [5.74, 6) is 0. The van der Waals surface area contributed by atoms with Crippen LogP contribution >= 0.6 is 0 Å². The molecular formula is C90H53B2N4O2. The number of hydrogen-bond acceptors (Lipinski definition) is 4. The molecule has 4 aromatic heterocycles. The summed E-state index contributed by atoms with van der Waals surface area (Å²) >= 11 is 0. The van der Waals surface area contributed by atoms with Gasteiger partial charge in [0.15, 0.2) is 7.28 Å². The maximum Gasteiger partial charge on any atom is 0.333 e. The number of hydrogen-bond donors (Lipinski definition) is 1. The average Bonchev–Trinajstić information content (AvgIpc) is 1.45. The number of fused-ring (bicyclic) bond motifs is 19. The first kappa shape index (κ1) is 53.6. The second-order valence-electron chi connectivity index (χ2n) is 26.5. The maximum absolute atomic E-state index is 7.00. The Bertz CT molecular complexity index is 6490. The lowest BCUT2D eigenvalue weighted by Gasteiger charge is -2.41. The lowest BCUT2D eigenvalue weighted by Crippen LogP contribution is -2.56. The number of para-hydroxylation sites is 4. The second-order valence-corrected chi connectivity index (χ2v) is 26.5. The summed E-state index contributed by atoms with van der Waals surface area (Å²) in [6.45, 7) is -0.276. The van der Waals surface area contributed by atoms with Crippen LogP contribution in [0.25, 0.3) is 154 Å². The quantitative estimate of drug-likeness (QED) is 0.162. The molecule has 0 amide bonds. The molecule has 0 saturated heterocycles. The fourth-order valence-electron chi connectivity index (χ4n) is 17.1. The Morgan fingerprint density at radius 3 is 1.42 bits per heavy atom. The first-order valence-electron chi connectivity index (χ1n) is 33.7. The number of H-pyrrole nitrogens is 1. The number of nitrogens with zero attached hydrogens (tertiary/aromatic N) is 3. The fourth-order valence-corrected chi connectivity index (χ4v) is 17.1. The van der Waals surface area contributed by atoms with Crippen molar-refractivity contribution < 1.29 is 8.83 Å². The molecule has 6 nitrogen and oxygen atoms in total. The van der Waals surface area contributed by atoms with Crippen molar-refractivity contribution in [2.75, 3.05) is 9.80 Å². The summed E-state index contributed by atoms with van der Waals surface area (Å²) < 4.78 is 16.5. The topological polar surface area (TPSA) is 53.5 Å². The minimum Gasteiger partial charge on any atom is -0.456 e. The maximum atomic E-state index is 7.00. The molecule has 15 aromatic carbocycles. The molecule has 0 atom stereocenters. The van der Waals surface area contributed by atoms with Gasteiger partial charge in [-0.3, -0.25) is 0 Å². The minimum absolute atomic E-state index is 0.276. The van der Waals surface area contributed by atoms with Crippen LogP contribution in [0.3, 0.4) is 0 Å². The van der Waals surface area contributed by atoms with E-state index >= 15 is 0 Å². The Labute approximate surface area is 564 Å². The lowest BCUT2D eigenvalue weighted by molar-refractivity contribution is 0.669. The van der Waals surface area contributed by atoms with E-state index in [1.54, 1.807) is 0 Å². The van der Waals surface area contributed by atoms with E-state index in [4.69, 9.17) is 8.83 Å². The molecule has 0 unspecified atom stereocenters. The van der Waals surface area contributed by atoms with Gasteiger partial charge in [-0.25, -0.2) is 0 Å². The van der Waals surface area contributed by atoms with Gasteiger partial charge >= 0.3 is 6.85 Å². The Balaban J connectivity index is 0.851. The summed E-state index contributed by atoms with van der Waals surface area (Å²) in [6, 6.07) is 116. The van der Waals surface area contributed by atoms with Crippen LogP contribution in [0, 0.1) is 0 Å². The van der Waals surface area contributed by atoms with Gasteiger partial charge in [-0.2, -0.15) is 0 Å². The van der Waals surface area contributed by atoms with Crippen LogP contribution in [-0.2, 0) is 0 Å². The number of furan rings is 2. The monoisotopic (exact) mass is 1240 g/mol. The number of benzene rings is 15. The van der Waals surface area contributed by atoms with Gasteiger partial charge in [0.05, 0.1) is 5.52 Å². The van der Waals surface area contributed by atoms with Crippen LogP contribution in [0.4, 0.5) is 34.1 Å². The second kappa shape index (κ2) is 20.4. The van der Waals surface area contributed by atoms with Gasteiger partial charge in [0, 0.05) is 105 Å². The van der Waals surface area contributed by atoms with Crippen molar-refractivity contribution in [3.8, 4) is 66.8 Å². The number of aromatic amines is 1.